The van der Waals surface area contributed by atoms with Gasteiger partial charge in [-0.1, -0.05) is 48.0 Å². The number of aryl methyl sites for hydroxylation is 3. The average molecular weight is 366 g/mol. The molecule has 5 rings (SSSR count). The Balaban J connectivity index is 1.94. The second kappa shape index (κ2) is 5.70. The van der Waals surface area contributed by atoms with Crippen LogP contribution in [0, 0.1) is 20.8 Å². The minimum Gasteiger partial charge on any atom is -0.508 e. The lowest BCUT2D eigenvalue weighted by molar-refractivity contribution is 0.129. The first-order chi connectivity index (χ1) is 13.4. The van der Waals surface area contributed by atoms with Gasteiger partial charge in [0, 0.05) is 11.1 Å². The molecular weight excluding hydrogens is 344 g/mol. The summed E-state index contributed by atoms with van der Waals surface area (Å²) >= 11 is 0. The van der Waals surface area contributed by atoms with Crippen LogP contribution in [0.5, 0.6) is 5.75 Å². The Kier molecular flexibility index (Phi) is 3.47. The molecule has 28 heavy (non-hydrogen) atoms. The number of hydrogen-bond donors (Lipinski definition) is 2. The van der Waals surface area contributed by atoms with Crippen molar-refractivity contribution >= 4 is 10.8 Å². The molecule has 0 heterocycles. The van der Waals surface area contributed by atoms with Crippen molar-refractivity contribution in [1.29, 1.82) is 0 Å². The zero-order valence-electron chi connectivity index (χ0n) is 16.2. The summed E-state index contributed by atoms with van der Waals surface area (Å²) < 4.78 is 0. The highest BCUT2D eigenvalue weighted by molar-refractivity contribution is 5.94. The fraction of sp³-hybridized carbons (Fsp3) is 0.154. The number of fused-ring (bicyclic) bond motifs is 4. The number of aliphatic hydroxyl groups is 1. The highest BCUT2D eigenvalue weighted by Crippen LogP contribution is 2.54. The van der Waals surface area contributed by atoms with Crippen LogP contribution in [0.15, 0.2) is 66.7 Å². The second-order valence-corrected chi connectivity index (χ2v) is 7.96. The van der Waals surface area contributed by atoms with Gasteiger partial charge in [0.1, 0.15) is 11.4 Å². The molecule has 0 spiro atoms. The van der Waals surface area contributed by atoms with Crippen molar-refractivity contribution in [2.75, 3.05) is 0 Å². The van der Waals surface area contributed by atoms with Crippen molar-refractivity contribution in [2.24, 2.45) is 0 Å². The van der Waals surface area contributed by atoms with Gasteiger partial charge >= 0.3 is 0 Å². The van der Waals surface area contributed by atoms with Gasteiger partial charge in [-0.2, -0.15) is 0 Å². The summed E-state index contributed by atoms with van der Waals surface area (Å²) in [5, 5.41) is 24.7. The lowest BCUT2D eigenvalue weighted by atomic mass is 9.79. The summed E-state index contributed by atoms with van der Waals surface area (Å²) in [6.07, 6.45) is 0. The zero-order chi connectivity index (χ0) is 19.6. The Hall–Kier alpha value is -3.10. The third-order valence-corrected chi connectivity index (χ3v) is 6.00. The number of phenolic OH excluding ortho intramolecular Hbond substituents is 1. The molecule has 2 nitrogen and oxygen atoms in total. The van der Waals surface area contributed by atoms with Crippen LogP contribution in [-0.2, 0) is 5.60 Å². The maximum atomic E-state index is 12.3. The summed E-state index contributed by atoms with van der Waals surface area (Å²) in [6, 6.07) is 22.0. The van der Waals surface area contributed by atoms with Gasteiger partial charge in [0.05, 0.1) is 0 Å². The summed E-state index contributed by atoms with van der Waals surface area (Å²) in [5.41, 5.74) is 6.50. The van der Waals surface area contributed by atoms with Crippen LogP contribution in [0.25, 0.3) is 21.9 Å². The van der Waals surface area contributed by atoms with Crippen molar-refractivity contribution in [3.8, 4) is 16.9 Å². The number of benzene rings is 4. The van der Waals surface area contributed by atoms with E-state index >= 15 is 0 Å². The molecule has 0 aliphatic heterocycles. The van der Waals surface area contributed by atoms with Crippen LogP contribution >= 0.6 is 0 Å². The van der Waals surface area contributed by atoms with Crippen LogP contribution in [-0.4, -0.2) is 10.2 Å². The predicted molar refractivity (Wildman–Crippen MR) is 114 cm³/mol. The Morgan fingerprint density at radius 2 is 1.29 bits per heavy atom. The molecule has 1 unspecified atom stereocenters. The molecule has 0 saturated carbocycles. The molecule has 0 aromatic heterocycles. The lowest BCUT2D eigenvalue weighted by Gasteiger charge is -2.30. The van der Waals surface area contributed by atoms with Crippen molar-refractivity contribution in [3.63, 3.8) is 0 Å². The Labute approximate surface area is 164 Å². The molecule has 4 aromatic rings. The Morgan fingerprint density at radius 1 is 0.679 bits per heavy atom. The van der Waals surface area contributed by atoms with E-state index in [1.165, 1.54) is 5.56 Å². The fourth-order valence-corrected chi connectivity index (χ4v) is 4.99. The third-order valence-electron chi connectivity index (χ3n) is 6.00. The first-order valence-corrected chi connectivity index (χ1v) is 9.57. The molecule has 1 atom stereocenters. The van der Waals surface area contributed by atoms with Gasteiger partial charge in [-0.25, -0.2) is 0 Å². The van der Waals surface area contributed by atoms with Crippen LogP contribution in [0.4, 0.5) is 0 Å². The second-order valence-electron chi connectivity index (χ2n) is 7.96. The van der Waals surface area contributed by atoms with Gasteiger partial charge in [-0.3, -0.25) is 0 Å². The van der Waals surface area contributed by atoms with Crippen molar-refractivity contribution in [1.82, 2.24) is 0 Å². The van der Waals surface area contributed by atoms with Crippen LogP contribution in [0.1, 0.15) is 33.4 Å². The van der Waals surface area contributed by atoms with E-state index in [4.69, 9.17) is 0 Å². The smallest absolute Gasteiger partial charge is 0.142 e. The van der Waals surface area contributed by atoms with Gasteiger partial charge in [0.2, 0.25) is 0 Å². The number of aromatic hydroxyl groups is 1. The lowest BCUT2D eigenvalue weighted by Crippen LogP contribution is -2.28. The standard InChI is InChI=1S/C26H22O2/c1-15-10-16(2)25(17(3)11-15)26(28)23-13-19-7-5-4-6-18(19)12-22(23)21-9-8-20(27)14-24(21)26/h4-14,27-28H,1-3H3. The minimum atomic E-state index is -1.30. The number of phenols is 1. The van der Waals surface area contributed by atoms with E-state index in [0.29, 0.717) is 0 Å². The molecule has 0 bridgehead atoms. The van der Waals surface area contributed by atoms with Gasteiger partial charge < -0.3 is 10.2 Å². The molecule has 1 aliphatic carbocycles. The van der Waals surface area contributed by atoms with E-state index < -0.39 is 5.60 Å². The van der Waals surface area contributed by atoms with Gasteiger partial charge in [-0.05, 0) is 83.6 Å². The maximum absolute atomic E-state index is 12.3. The predicted octanol–water partition coefficient (Wildman–Crippen LogP) is 5.74. The van der Waals surface area contributed by atoms with Crippen molar-refractivity contribution in [3.05, 3.63) is 100 Å². The van der Waals surface area contributed by atoms with Gasteiger partial charge in [0.25, 0.3) is 0 Å². The first kappa shape index (κ1) is 17.0. The van der Waals surface area contributed by atoms with E-state index in [9.17, 15) is 10.2 Å². The normalized spacial score (nSPS) is 17.6. The van der Waals surface area contributed by atoms with E-state index in [2.05, 4.69) is 57.2 Å². The molecule has 0 radical (unpaired) electrons. The molecule has 2 N–H and O–H groups in total. The molecule has 138 valence electrons. The molecule has 2 heteroatoms. The number of rotatable bonds is 1. The molecular formula is C26H22O2. The van der Waals surface area contributed by atoms with Gasteiger partial charge in [0.15, 0.2) is 0 Å². The topological polar surface area (TPSA) is 40.5 Å². The molecule has 4 aromatic carbocycles. The highest BCUT2D eigenvalue weighted by Gasteiger charge is 2.45. The largest absolute Gasteiger partial charge is 0.508 e. The van der Waals surface area contributed by atoms with Crippen molar-refractivity contribution in [2.45, 2.75) is 26.4 Å². The fourth-order valence-electron chi connectivity index (χ4n) is 4.99. The van der Waals surface area contributed by atoms with Crippen molar-refractivity contribution < 1.29 is 10.2 Å². The van der Waals surface area contributed by atoms with Crippen LogP contribution in [0.3, 0.4) is 0 Å². The summed E-state index contributed by atoms with van der Waals surface area (Å²) in [5.74, 6) is 0.164. The van der Waals surface area contributed by atoms with E-state index in [0.717, 1.165) is 49.7 Å². The zero-order valence-corrected chi connectivity index (χ0v) is 16.2. The van der Waals surface area contributed by atoms with Crippen LogP contribution < -0.4 is 0 Å². The molecule has 1 aliphatic rings. The quantitative estimate of drug-likeness (QED) is 0.451. The summed E-state index contributed by atoms with van der Waals surface area (Å²) in [4.78, 5) is 0. The summed E-state index contributed by atoms with van der Waals surface area (Å²) in [6.45, 7) is 6.17. The summed E-state index contributed by atoms with van der Waals surface area (Å²) in [7, 11) is 0. The average Bonchev–Trinajstić information content (AvgIpc) is 2.88. The molecule has 0 fully saturated rings. The van der Waals surface area contributed by atoms with E-state index in [-0.39, 0.29) is 5.75 Å². The minimum absolute atomic E-state index is 0.164. The first-order valence-electron chi connectivity index (χ1n) is 9.57. The number of hydrogen-bond acceptors (Lipinski definition) is 2. The maximum Gasteiger partial charge on any atom is 0.142 e. The van der Waals surface area contributed by atoms with E-state index in [1.807, 2.05) is 18.2 Å². The molecule has 0 amide bonds. The molecule has 0 saturated heterocycles. The van der Waals surface area contributed by atoms with Gasteiger partial charge in [-0.15, -0.1) is 0 Å². The monoisotopic (exact) mass is 366 g/mol. The van der Waals surface area contributed by atoms with E-state index in [1.54, 1.807) is 12.1 Å². The SMILES string of the molecule is Cc1cc(C)c(C2(O)c3cc(O)ccc3-c3cc4ccccc4cc32)c(C)c1. The van der Waals surface area contributed by atoms with Crippen LogP contribution in [0.2, 0.25) is 0 Å². The third kappa shape index (κ3) is 2.18. The Bertz CT molecular complexity index is 1250. The highest BCUT2D eigenvalue weighted by atomic mass is 16.3. The Morgan fingerprint density at radius 3 is 1.96 bits per heavy atom.